The highest BCUT2D eigenvalue weighted by Gasteiger charge is 2.11. The molecule has 0 spiro atoms. The Kier molecular flexibility index (Phi) is 6.03. The van der Waals surface area contributed by atoms with E-state index in [0.717, 1.165) is 11.1 Å². The van der Waals surface area contributed by atoms with E-state index in [1.807, 2.05) is 25.1 Å². The van der Waals surface area contributed by atoms with Crippen molar-refractivity contribution in [1.82, 2.24) is 10.6 Å². The molecule has 0 aliphatic heterocycles. The molecule has 0 aromatic heterocycles. The number of carbonyl (C=O) groups is 2. The molecule has 0 aliphatic carbocycles. The first-order chi connectivity index (χ1) is 9.43. The third-order valence-electron chi connectivity index (χ3n) is 2.74. The predicted molar refractivity (Wildman–Crippen MR) is 78.0 cm³/mol. The van der Waals surface area contributed by atoms with Crippen LogP contribution in [0.2, 0.25) is 0 Å². The molecule has 1 rings (SSSR count). The maximum absolute atomic E-state index is 11.6. The molecular formula is C15H22N2O3. The zero-order chi connectivity index (χ0) is 15.1. The second kappa shape index (κ2) is 7.53. The van der Waals surface area contributed by atoms with Crippen LogP contribution in [0, 0.1) is 6.92 Å². The summed E-state index contributed by atoms with van der Waals surface area (Å²) in [6.07, 6.45) is 0. The average Bonchev–Trinajstić information content (AvgIpc) is 2.36. The van der Waals surface area contributed by atoms with Crippen LogP contribution >= 0.6 is 0 Å². The topological polar surface area (TPSA) is 67.4 Å². The van der Waals surface area contributed by atoms with Crippen molar-refractivity contribution >= 4 is 11.9 Å². The van der Waals surface area contributed by atoms with E-state index in [1.165, 1.54) is 0 Å². The first-order valence-corrected chi connectivity index (χ1v) is 6.75. The summed E-state index contributed by atoms with van der Waals surface area (Å²) in [7, 11) is 0. The van der Waals surface area contributed by atoms with Crippen LogP contribution in [0.3, 0.4) is 0 Å². The van der Waals surface area contributed by atoms with Gasteiger partial charge < -0.3 is 10.1 Å². The molecule has 0 unspecified atom stereocenters. The standard InChI is InChI=1S/C15H22N2O3/c1-5-16-15(19)17-14(18)9-20-13-8-11(4)6-7-12(13)10(2)3/h6-8,10H,5,9H2,1-4H3,(H2,16,17,18,19). The monoisotopic (exact) mass is 278 g/mol. The van der Waals surface area contributed by atoms with Crippen molar-refractivity contribution in [3.8, 4) is 5.75 Å². The van der Waals surface area contributed by atoms with Crippen molar-refractivity contribution in [3.05, 3.63) is 29.3 Å². The number of urea groups is 1. The van der Waals surface area contributed by atoms with E-state index < -0.39 is 11.9 Å². The molecule has 110 valence electrons. The molecule has 5 heteroatoms. The summed E-state index contributed by atoms with van der Waals surface area (Å²) >= 11 is 0. The number of benzene rings is 1. The normalized spacial score (nSPS) is 10.2. The summed E-state index contributed by atoms with van der Waals surface area (Å²) in [5, 5.41) is 4.69. The van der Waals surface area contributed by atoms with Gasteiger partial charge in [-0.3, -0.25) is 10.1 Å². The SMILES string of the molecule is CCNC(=O)NC(=O)COc1cc(C)ccc1C(C)C. The number of hydrogen-bond donors (Lipinski definition) is 2. The maximum Gasteiger partial charge on any atom is 0.321 e. The minimum atomic E-state index is -0.505. The zero-order valence-corrected chi connectivity index (χ0v) is 12.4. The van der Waals surface area contributed by atoms with Gasteiger partial charge >= 0.3 is 6.03 Å². The fourth-order valence-electron chi connectivity index (χ4n) is 1.75. The molecule has 0 fully saturated rings. The van der Waals surface area contributed by atoms with Gasteiger partial charge in [0, 0.05) is 6.54 Å². The highest BCUT2D eigenvalue weighted by molar-refractivity contribution is 5.94. The third kappa shape index (κ3) is 4.91. The number of amides is 3. The molecule has 0 saturated heterocycles. The van der Waals surface area contributed by atoms with Gasteiger partial charge in [-0.1, -0.05) is 26.0 Å². The van der Waals surface area contributed by atoms with Crippen LogP contribution in [0.25, 0.3) is 0 Å². The Bertz CT molecular complexity index is 484. The van der Waals surface area contributed by atoms with Crippen molar-refractivity contribution in [2.75, 3.05) is 13.2 Å². The Hall–Kier alpha value is -2.04. The Morgan fingerprint density at radius 3 is 2.60 bits per heavy atom. The van der Waals surface area contributed by atoms with Crippen LogP contribution in [0.15, 0.2) is 18.2 Å². The number of carbonyl (C=O) groups excluding carboxylic acids is 2. The van der Waals surface area contributed by atoms with E-state index in [2.05, 4.69) is 24.5 Å². The molecule has 1 aromatic carbocycles. The summed E-state index contributed by atoms with van der Waals surface area (Å²) in [5.74, 6) is 0.523. The van der Waals surface area contributed by atoms with Crippen molar-refractivity contribution in [2.24, 2.45) is 0 Å². The molecule has 0 aliphatic rings. The molecule has 0 heterocycles. The van der Waals surface area contributed by atoms with Gasteiger partial charge in [-0.15, -0.1) is 0 Å². The van der Waals surface area contributed by atoms with E-state index in [9.17, 15) is 9.59 Å². The van der Waals surface area contributed by atoms with Crippen molar-refractivity contribution in [3.63, 3.8) is 0 Å². The van der Waals surface area contributed by atoms with Gasteiger partial charge in [0.2, 0.25) is 0 Å². The van der Waals surface area contributed by atoms with Crippen LogP contribution in [0.5, 0.6) is 5.75 Å². The van der Waals surface area contributed by atoms with Crippen LogP contribution in [-0.4, -0.2) is 25.1 Å². The summed E-state index contributed by atoms with van der Waals surface area (Å²) in [5.41, 5.74) is 2.11. The second-order valence-electron chi connectivity index (χ2n) is 4.89. The van der Waals surface area contributed by atoms with E-state index in [1.54, 1.807) is 6.92 Å². The molecule has 1 aromatic rings. The lowest BCUT2D eigenvalue weighted by atomic mass is 10.0. The Morgan fingerprint density at radius 2 is 2.00 bits per heavy atom. The van der Waals surface area contributed by atoms with E-state index in [-0.39, 0.29) is 6.61 Å². The summed E-state index contributed by atoms with van der Waals surface area (Å²) < 4.78 is 5.53. The van der Waals surface area contributed by atoms with Crippen molar-refractivity contribution in [2.45, 2.75) is 33.6 Å². The molecule has 3 amide bonds. The number of rotatable bonds is 5. The first kappa shape index (κ1) is 16.0. The van der Waals surface area contributed by atoms with Gasteiger partial charge in [0.05, 0.1) is 0 Å². The molecule has 20 heavy (non-hydrogen) atoms. The van der Waals surface area contributed by atoms with Crippen LogP contribution in [0.1, 0.15) is 37.8 Å². The van der Waals surface area contributed by atoms with Gasteiger partial charge in [0.15, 0.2) is 6.61 Å². The highest BCUT2D eigenvalue weighted by atomic mass is 16.5. The number of hydrogen-bond acceptors (Lipinski definition) is 3. The van der Waals surface area contributed by atoms with E-state index in [0.29, 0.717) is 18.2 Å². The van der Waals surface area contributed by atoms with Gasteiger partial charge in [-0.2, -0.15) is 0 Å². The summed E-state index contributed by atoms with van der Waals surface area (Å²) in [4.78, 5) is 22.8. The molecule has 0 saturated carbocycles. The fraction of sp³-hybridized carbons (Fsp3) is 0.467. The summed E-state index contributed by atoms with van der Waals surface area (Å²) in [6.45, 7) is 8.15. The minimum absolute atomic E-state index is 0.180. The molecule has 2 N–H and O–H groups in total. The molecular weight excluding hydrogens is 256 g/mol. The largest absolute Gasteiger partial charge is 0.483 e. The van der Waals surface area contributed by atoms with Gasteiger partial charge in [0.1, 0.15) is 5.75 Å². The van der Waals surface area contributed by atoms with E-state index in [4.69, 9.17) is 4.74 Å². The lowest BCUT2D eigenvalue weighted by Gasteiger charge is -2.14. The molecule has 0 radical (unpaired) electrons. The van der Waals surface area contributed by atoms with Gasteiger partial charge in [-0.25, -0.2) is 4.79 Å². The first-order valence-electron chi connectivity index (χ1n) is 6.75. The Morgan fingerprint density at radius 1 is 1.30 bits per heavy atom. The summed E-state index contributed by atoms with van der Waals surface area (Å²) in [6, 6.07) is 5.40. The van der Waals surface area contributed by atoms with Gasteiger partial charge in [0.25, 0.3) is 5.91 Å². The van der Waals surface area contributed by atoms with Crippen molar-refractivity contribution < 1.29 is 14.3 Å². The number of imide groups is 1. The predicted octanol–water partition coefficient (Wildman–Crippen LogP) is 2.34. The zero-order valence-electron chi connectivity index (χ0n) is 12.4. The number of aryl methyl sites for hydroxylation is 1. The maximum atomic E-state index is 11.6. The number of ether oxygens (including phenoxy) is 1. The van der Waals surface area contributed by atoms with Crippen LogP contribution < -0.4 is 15.4 Å². The minimum Gasteiger partial charge on any atom is -0.483 e. The lowest BCUT2D eigenvalue weighted by Crippen LogP contribution is -2.41. The van der Waals surface area contributed by atoms with Crippen LogP contribution in [0.4, 0.5) is 4.79 Å². The quantitative estimate of drug-likeness (QED) is 0.868. The van der Waals surface area contributed by atoms with Crippen LogP contribution in [-0.2, 0) is 4.79 Å². The Labute approximate surface area is 119 Å². The second-order valence-corrected chi connectivity index (χ2v) is 4.89. The van der Waals surface area contributed by atoms with Crippen molar-refractivity contribution in [1.29, 1.82) is 0 Å². The average molecular weight is 278 g/mol. The lowest BCUT2D eigenvalue weighted by molar-refractivity contribution is -0.122. The Balaban J connectivity index is 2.63. The third-order valence-corrected chi connectivity index (χ3v) is 2.74. The fourth-order valence-corrected chi connectivity index (χ4v) is 1.75. The molecule has 0 atom stereocenters. The van der Waals surface area contributed by atoms with Gasteiger partial charge in [-0.05, 0) is 37.0 Å². The highest BCUT2D eigenvalue weighted by Crippen LogP contribution is 2.27. The smallest absolute Gasteiger partial charge is 0.321 e. The molecule has 5 nitrogen and oxygen atoms in total. The molecule has 0 bridgehead atoms. The number of nitrogens with one attached hydrogen (secondary N) is 2. The van der Waals surface area contributed by atoms with E-state index >= 15 is 0 Å².